The van der Waals surface area contributed by atoms with E-state index in [1.165, 1.54) is 11.3 Å². The van der Waals surface area contributed by atoms with Gasteiger partial charge in [-0.1, -0.05) is 35.3 Å². The van der Waals surface area contributed by atoms with Crippen LogP contribution in [0.1, 0.15) is 0 Å². The summed E-state index contributed by atoms with van der Waals surface area (Å²) in [5.41, 5.74) is 2.76. The minimum Gasteiger partial charge on any atom is -0.304 e. The van der Waals surface area contributed by atoms with E-state index in [0.29, 0.717) is 31.8 Å². The van der Waals surface area contributed by atoms with Crippen molar-refractivity contribution in [3.63, 3.8) is 0 Å². The van der Waals surface area contributed by atoms with Gasteiger partial charge < -0.3 is 4.98 Å². The minimum absolute atomic E-state index is 0.183. The zero-order chi connectivity index (χ0) is 16.7. The standard InChI is InChI=1S/C17H9Cl2N3OS/c18-11-5-4-9(7-12(11)19)10-8-24-15-14(10)21-16(22-17(15)23)13-3-1-2-6-20-13/h1-8H,(H,21,22,23). The van der Waals surface area contributed by atoms with Crippen LogP contribution in [0.4, 0.5) is 0 Å². The van der Waals surface area contributed by atoms with Gasteiger partial charge in [-0.25, -0.2) is 4.98 Å². The number of pyridine rings is 1. The summed E-state index contributed by atoms with van der Waals surface area (Å²) in [6.07, 6.45) is 1.66. The van der Waals surface area contributed by atoms with Crippen molar-refractivity contribution >= 4 is 44.8 Å². The molecule has 4 aromatic rings. The van der Waals surface area contributed by atoms with Gasteiger partial charge in [0, 0.05) is 17.1 Å². The van der Waals surface area contributed by atoms with Gasteiger partial charge in [-0.2, -0.15) is 0 Å². The first kappa shape index (κ1) is 15.3. The number of rotatable bonds is 2. The number of nitrogens with one attached hydrogen (secondary N) is 1. The molecule has 1 N–H and O–H groups in total. The summed E-state index contributed by atoms with van der Waals surface area (Å²) in [7, 11) is 0. The lowest BCUT2D eigenvalue weighted by Crippen LogP contribution is -2.08. The van der Waals surface area contributed by atoms with Crippen LogP contribution in [0, 0.1) is 0 Å². The summed E-state index contributed by atoms with van der Waals surface area (Å²) in [6, 6.07) is 10.8. The van der Waals surface area contributed by atoms with Crippen LogP contribution >= 0.6 is 34.5 Å². The molecule has 0 aliphatic carbocycles. The van der Waals surface area contributed by atoms with Crippen molar-refractivity contribution in [2.24, 2.45) is 0 Å². The van der Waals surface area contributed by atoms with Crippen LogP contribution in [0.3, 0.4) is 0 Å². The minimum atomic E-state index is -0.183. The number of nitrogens with zero attached hydrogens (tertiary/aromatic N) is 2. The maximum atomic E-state index is 12.4. The number of H-pyrrole nitrogens is 1. The van der Waals surface area contributed by atoms with E-state index in [-0.39, 0.29) is 5.56 Å². The van der Waals surface area contributed by atoms with Crippen LogP contribution in [0.15, 0.2) is 52.8 Å². The van der Waals surface area contributed by atoms with Gasteiger partial charge in [0.25, 0.3) is 5.56 Å². The highest BCUT2D eigenvalue weighted by atomic mass is 35.5. The number of hydrogen-bond acceptors (Lipinski definition) is 4. The van der Waals surface area contributed by atoms with E-state index < -0.39 is 0 Å². The maximum Gasteiger partial charge on any atom is 0.269 e. The molecule has 118 valence electrons. The highest BCUT2D eigenvalue weighted by molar-refractivity contribution is 7.17. The van der Waals surface area contributed by atoms with Gasteiger partial charge in [-0.3, -0.25) is 9.78 Å². The van der Waals surface area contributed by atoms with Gasteiger partial charge >= 0.3 is 0 Å². The Morgan fingerprint density at radius 2 is 1.96 bits per heavy atom. The molecule has 0 saturated heterocycles. The molecule has 1 aromatic carbocycles. The Morgan fingerprint density at radius 3 is 2.71 bits per heavy atom. The zero-order valence-corrected chi connectivity index (χ0v) is 14.4. The van der Waals surface area contributed by atoms with Crippen molar-refractivity contribution in [2.45, 2.75) is 0 Å². The van der Waals surface area contributed by atoms with Crippen molar-refractivity contribution in [1.82, 2.24) is 15.0 Å². The Labute approximate surface area is 150 Å². The second kappa shape index (κ2) is 6.02. The molecular weight excluding hydrogens is 365 g/mol. The quantitative estimate of drug-likeness (QED) is 0.536. The highest BCUT2D eigenvalue weighted by Gasteiger charge is 2.14. The number of halogens is 2. The maximum absolute atomic E-state index is 12.4. The first-order chi connectivity index (χ1) is 11.6. The van der Waals surface area contributed by atoms with Crippen molar-refractivity contribution in [3.8, 4) is 22.6 Å². The number of benzene rings is 1. The summed E-state index contributed by atoms with van der Waals surface area (Å²) >= 11 is 13.4. The molecule has 0 radical (unpaired) electrons. The number of hydrogen-bond donors (Lipinski definition) is 1. The van der Waals surface area contributed by atoms with Crippen LogP contribution in [-0.4, -0.2) is 15.0 Å². The molecule has 0 aliphatic rings. The van der Waals surface area contributed by atoms with Gasteiger partial charge in [-0.15, -0.1) is 11.3 Å². The molecule has 4 rings (SSSR count). The highest BCUT2D eigenvalue weighted by Crippen LogP contribution is 2.34. The Kier molecular flexibility index (Phi) is 3.84. The first-order valence-corrected chi connectivity index (χ1v) is 8.65. The van der Waals surface area contributed by atoms with E-state index in [1.807, 2.05) is 23.6 Å². The van der Waals surface area contributed by atoms with Gasteiger partial charge in [0.1, 0.15) is 10.4 Å². The fraction of sp³-hybridized carbons (Fsp3) is 0. The molecule has 3 aromatic heterocycles. The van der Waals surface area contributed by atoms with Gasteiger partial charge in [-0.05, 0) is 29.8 Å². The third kappa shape index (κ3) is 2.60. The second-order valence-electron chi connectivity index (χ2n) is 5.09. The normalized spacial score (nSPS) is 11.1. The average molecular weight is 374 g/mol. The Balaban J connectivity index is 1.96. The van der Waals surface area contributed by atoms with Gasteiger partial charge in [0.15, 0.2) is 5.82 Å². The molecule has 0 unspecified atom stereocenters. The van der Waals surface area contributed by atoms with Crippen molar-refractivity contribution < 1.29 is 0 Å². The van der Waals surface area contributed by atoms with Crippen LogP contribution in [0.2, 0.25) is 10.0 Å². The van der Waals surface area contributed by atoms with Crippen LogP contribution in [-0.2, 0) is 0 Å². The summed E-state index contributed by atoms with van der Waals surface area (Å²) in [5.74, 6) is 0.438. The topological polar surface area (TPSA) is 58.6 Å². The second-order valence-corrected chi connectivity index (χ2v) is 6.78. The Bertz CT molecular complexity index is 1110. The van der Waals surface area contributed by atoms with Crippen LogP contribution in [0.25, 0.3) is 32.9 Å². The molecule has 3 heterocycles. The van der Waals surface area contributed by atoms with E-state index in [2.05, 4.69) is 15.0 Å². The summed E-state index contributed by atoms with van der Waals surface area (Å²) < 4.78 is 0.566. The van der Waals surface area contributed by atoms with Crippen molar-refractivity contribution in [2.75, 3.05) is 0 Å². The lowest BCUT2D eigenvalue weighted by atomic mass is 10.1. The number of aromatic nitrogens is 3. The monoisotopic (exact) mass is 373 g/mol. The first-order valence-electron chi connectivity index (χ1n) is 7.02. The Hall–Kier alpha value is -2.21. The largest absolute Gasteiger partial charge is 0.304 e. The molecule has 0 fully saturated rings. The predicted molar refractivity (Wildman–Crippen MR) is 98.9 cm³/mol. The molecule has 0 saturated carbocycles. The van der Waals surface area contributed by atoms with E-state index in [4.69, 9.17) is 23.2 Å². The summed E-state index contributed by atoms with van der Waals surface area (Å²) in [4.78, 5) is 24.0. The smallest absolute Gasteiger partial charge is 0.269 e. The fourth-order valence-corrected chi connectivity index (χ4v) is 3.63. The predicted octanol–water partition coefficient (Wildman–Crippen LogP) is 5.02. The average Bonchev–Trinajstić information content (AvgIpc) is 3.03. The van der Waals surface area contributed by atoms with Gasteiger partial charge in [0.05, 0.1) is 15.6 Å². The molecule has 4 nitrogen and oxygen atoms in total. The SMILES string of the molecule is O=c1[nH]c(-c2ccccn2)nc2c(-c3ccc(Cl)c(Cl)c3)csc12. The Morgan fingerprint density at radius 1 is 1.08 bits per heavy atom. The third-order valence-electron chi connectivity index (χ3n) is 3.56. The van der Waals surface area contributed by atoms with Gasteiger partial charge in [0.2, 0.25) is 0 Å². The van der Waals surface area contributed by atoms with E-state index >= 15 is 0 Å². The molecule has 7 heteroatoms. The van der Waals surface area contributed by atoms with E-state index in [1.54, 1.807) is 24.4 Å². The van der Waals surface area contributed by atoms with E-state index in [0.717, 1.165) is 11.1 Å². The van der Waals surface area contributed by atoms with Crippen LogP contribution < -0.4 is 5.56 Å². The molecular formula is C17H9Cl2N3OS. The molecule has 24 heavy (non-hydrogen) atoms. The lowest BCUT2D eigenvalue weighted by molar-refractivity contribution is 1.15. The molecule has 0 spiro atoms. The van der Waals surface area contributed by atoms with E-state index in [9.17, 15) is 4.79 Å². The van der Waals surface area contributed by atoms with Crippen LogP contribution in [0.5, 0.6) is 0 Å². The summed E-state index contributed by atoms with van der Waals surface area (Å²) in [6.45, 7) is 0. The zero-order valence-electron chi connectivity index (χ0n) is 12.1. The third-order valence-corrected chi connectivity index (χ3v) is 5.27. The number of thiophene rings is 1. The summed E-state index contributed by atoms with van der Waals surface area (Å²) in [5, 5.41) is 2.84. The molecule has 0 bridgehead atoms. The molecule has 0 amide bonds. The van der Waals surface area contributed by atoms with Crippen molar-refractivity contribution in [1.29, 1.82) is 0 Å². The fourth-order valence-electron chi connectivity index (χ4n) is 2.42. The number of fused-ring (bicyclic) bond motifs is 1. The molecule has 0 atom stereocenters. The molecule has 0 aliphatic heterocycles. The lowest BCUT2D eigenvalue weighted by Gasteiger charge is -2.04. The van der Waals surface area contributed by atoms with Crippen molar-refractivity contribution in [3.05, 3.63) is 68.4 Å². The number of aromatic amines is 1.